The summed E-state index contributed by atoms with van der Waals surface area (Å²) in [6, 6.07) is 2.51. The van der Waals surface area contributed by atoms with E-state index in [1.54, 1.807) is 9.80 Å². The molecule has 0 bridgehead atoms. The lowest BCUT2D eigenvalue weighted by Gasteiger charge is -2.41. The quantitative estimate of drug-likeness (QED) is 0.308. The number of hydrogen-bond acceptors (Lipinski definition) is 5. The molecular formula is C23H34ClN5O5. The average molecular weight is 496 g/mol. The van der Waals surface area contributed by atoms with Gasteiger partial charge < -0.3 is 20.4 Å². The molecule has 188 valence electrons. The van der Waals surface area contributed by atoms with Gasteiger partial charge in [0.05, 0.1) is 15.5 Å². The molecule has 34 heavy (non-hydrogen) atoms. The maximum atomic E-state index is 13.4. The predicted octanol–water partition coefficient (Wildman–Crippen LogP) is 3.44. The van der Waals surface area contributed by atoms with Crippen LogP contribution in [0.1, 0.15) is 57.3 Å². The Kier molecular flexibility index (Phi) is 10.1. The number of carbonyl (C=O) groups is 3. The molecular weight excluding hydrogens is 462 g/mol. The summed E-state index contributed by atoms with van der Waals surface area (Å²) in [5.41, 5.74) is -0.156. The summed E-state index contributed by atoms with van der Waals surface area (Å²) < 4.78 is 0. The number of nitrogens with one attached hydrogen (secondary N) is 2. The van der Waals surface area contributed by atoms with E-state index in [4.69, 9.17) is 11.6 Å². The van der Waals surface area contributed by atoms with Gasteiger partial charge in [0.1, 0.15) is 6.04 Å². The van der Waals surface area contributed by atoms with Gasteiger partial charge in [-0.2, -0.15) is 0 Å². The van der Waals surface area contributed by atoms with Gasteiger partial charge in [0.2, 0.25) is 5.91 Å². The van der Waals surface area contributed by atoms with Crippen molar-refractivity contribution in [1.82, 2.24) is 20.4 Å². The van der Waals surface area contributed by atoms with Gasteiger partial charge in [0.15, 0.2) is 0 Å². The highest BCUT2D eigenvalue weighted by atomic mass is 35.5. The van der Waals surface area contributed by atoms with Gasteiger partial charge in [-0.05, 0) is 25.3 Å². The molecule has 1 heterocycles. The molecule has 4 amide bonds. The summed E-state index contributed by atoms with van der Waals surface area (Å²) in [6.45, 7) is 9.51. The number of unbranched alkanes of at least 4 members (excludes halogenated alkanes) is 1. The first-order valence-electron chi connectivity index (χ1n) is 11.7. The van der Waals surface area contributed by atoms with Crippen molar-refractivity contribution >= 4 is 35.1 Å². The van der Waals surface area contributed by atoms with E-state index in [9.17, 15) is 24.5 Å². The van der Waals surface area contributed by atoms with Crippen LogP contribution in [0, 0.1) is 16.0 Å². The van der Waals surface area contributed by atoms with Gasteiger partial charge in [-0.1, -0.05) is 45.2 Å². The molecule has 2 rings (SSSR count). The SMILES string of the molecule is CCCCNC(=O)N1CCN(C(=O)C(NC(=O)c2ccc([N+](=O)[O-])cc2Cl)C(C)CC)CC1C. The van der Waals surface area contributed by atoms with Crippen LogP contribution < -0.4 is 10.6 Å². The zero-order chi connectivity index (χ0) is 25.4. The van der Waals surface area contributed by atoms with Crippen molar-refractivity contribution in [1.29, 1.82) is 0 Å². The van der Waals surface area contributed by atoms with Crippen LogP contribution in [0.5, 0.6) is 0 Å². The smallest absolute Gasteiger partial charge is 0.317 e. The maximum Gasteiger partial charge on any atom is 0.317 e. The summed E-state index contributed by atoms with van der Waals surface area (Å²) in [5, 5.41) is 16.6. The minimum absolute atomic E-state index is 0.0571. The van der Waals surface area contributed by atoms with E-state index in [-0.39, 0.29) is 40.2 Å². The Morgan fingerprint density at radius 1 is 1.26 bits per heavy atom. The summed E-state index contributed by atoms with van der Waals surface area (Å²) in [6.07, 6.45) is 2.56. The Labute approximate surface area is 205 Å². The van der Waals surface area contributed by atoms with Gasteiger partial charge >= 0.3 is 6.03 Å². The van der Waals surface area contributed by atoms with Gasteiger partial charge in [-0.3, -0.25) is 19.7 Å². The number of benzene rings is 1. The number of urea groups is 1. The number of nitro benzene ring substituents is 1. The molecule has 10 nitrogen and oxygen atoms in total. The molecule has 3 unspecified atom stereocenters. The lowest BCUT2D eigenvalue weighted by atomic mass is 9.96. The summed E-state index contributed by atoms with van der Waals surface area (Å²) in [5.74, 6) is -0.946. The van der Waals surface area contributed by atoms with Crippen molar-refractivity contribution in [3.05, 3.63) is 38.9 Å². The van der Waals surface area contributed by atoms with E-state index in [1.807, 2.05) is 20.8 Å². The molecule has 0 saturated carbocycles. The number of carbonyl (C=O) groups excluding carboxylic acids is 3. The highest BCUT2D eigenvalue weighted by Crippen LogP contribution is 2.23. The summed E-state index contributed by atoms with van der Waals surface area (Å²) in [7, 11) is 0. The first kappa shape index (κ1) is 27.4. The fraction of sp³-hybridized carbons (Fsp3) is 0.609. The third kappa shape index (κ3) is 6.82. The number of rotatable bonds is 9. The largest absolute Gasteiger partial charge is 0.340 e. The van der Waals surface area contributed by atoms with Crippen LogP contribution in [0.3, 0.4) is 0 Å². The Morgan fingerprint density at radius 3 is 2.53 bits per heavy atom. The second-order valence-electron chi connectivity index (χ2n) is 8.67. The minimum Gasteiger partial charge on any atom is -0.340 e. The molecule has 1 aromatic rings. The lowest BCUT2D eigenvalue weighted by Crippen LogP contribution is -2.61. The van der Waals surface area contributed by atoms with E-state index < -0.39 is 16.9 Å². The molecule has 2 N–H and O–H groups in total. The summed E-state index contributed by atoms with van der Waals surface area (Å²) >= 11 is 6.10. The number of hydrogen-bond donors (Lipinski definition) is 2. The number of piperazine rings is 1. The van der Waals surface area contributed by atoms with Crippen LogP contribution in [-0.4, -0.2) is 70.8 Å². The van der Waals surface area contributed by atoms with Crippen molar-refractivity contribution in [3.8, 4) is 0 Å². The van der Waals surface area contributed by atoms with Crippen LogP contribution in [0.2, 0.25) is 5.02 Å². The van der Waals surface area contributed by atoms with Crippen molar-refractivity contribution < 1.29 is 19.3 Å². The second-order valence-corrected chi connectivity index (χ2v) is 9.08. The molecule has 1 aromatic carbocycles. The van der Waals surface area contributed by atoms with Crippen LogP contribution in [0.15, 0.2) is 18.2 Å². The zero-order valence-corrected chi connectivity index (χ0v) is 20.9. The number of halogens is 1. The number of amides is 4. The Morgan fingerprint density at radius 2 is 1.97 bits per heavy atom. The van der Waals surface area contributed by atoms with Gasteiger partial charge in [-0.15, -0.1) is 0 Å². The van der Waals surface area contributed by atoms with Crippen LogP contribution in [0.25, 0.3) is 0 Å². The molecule has 0 spiro atoms. The standard InChI is InChI=1S/C23H34ClN5O5/c1-5-7-10-25-23(32)28-12-11-27(14-16(28)4)22(31)20(15(3)6-2)26-21(30)18-9-8-17(29(33)34)13-19(18)24/h8-9,13,15-16,20H,5-7,10-12,14H2,1-4H3,(H,25,32)(H,26,30). The average Bonchev–Trinajstić information content (AvgIpc) is 2.81. The normalized spacial score (nSPS) is 17.6. The predicted molar refractivity (Wildman–Crippen MR) is 130 cm³/mol. The van der Waals surface area contributed by atoms with Crippen molar-refractivity contribution in [2.75, 3.05) is 26.2 Å². The van der Waals surface area contributed by atoms with Crippen molar-refractivity contribution in [3.63, 3.8) is 0 Å². The second kappa shape index (κ2) is 12.5. The Hall–Kier alpha value is -2.88. The molecule has 0 aromatic heterocycles. The fourth-order valence-electron chi connectivity index (χ4n) is 3.83. The molecule has 0 radical (unpaired) electrons. The van der Waals surface area contributed by atoms with E-state index >= 15 is 0 Å². The van der Waals surface area contributed by atoms with Gasteiger partial charge in [0, 0.05) is 44.4 Å². The van der Waals surface area contributed by atoms with Gasteiger partial charge in [0.25, 0.3) is 11.6 Å². The molecule has 1 saturated heterocycles. The van der Waals surface area contributed by atoms with E-state index in [1.165, 1.54) is 12.1 Å². The topological polar surface area (TPSA) is 125 Å². The molecule has 0 aliphatic carbocycles. The van der Waals surface area contributed by atoms with E-state index in [2.05, 4.69) is 17.6 Å². The van der Waals surface area contributed by atoms with Crippen LogP contribution in [0.4, 0.5) is 10.5 Å². The first-order chi connectivity index (χ1) is 16.1. The highest BCUT2D eigenvalue weighted by Gasteiger charge is 2.35. The maximum absolute atomic E-state index is 13.4. The monoisotopic (exact) mass is 495 g/mol. The number of non-ortho nitro benzene ring substituents is 1. The lowest BCUT2D eigenvalue weighted by molar-refractivity contribution is -0.384. The van der Waals surface area contributed by atoms with E-state index in [0.29, 0.717) is 32.6 Å². The molecule has 11 heteroatoms. The first-order valence-corrected chi connectivity index (χ1v) is 12.1. The number of nitro groups is 1. The highest BCUT2D eigenvalue weighted by molar-refractivity contribution is 6.34. The fourth-order valence-corrected chi connectivity index (χ4v) is 4.09. The van der Waals surface area contributed by atoms with Crippen molar-refractivity contribution in [2.45, 2.75) is 59.0 Å². The van der Waals surface area contributed by atoms with Crippen LogP contribution in [-0.2, 0) is 4.79 Å². The molecule has 3 atom stereocenters. The third-order valence-corrected chi connectivity index (χ3v) is 6.49. The van der Waals surface area contributed by atoms with Crippen molar-refractivity contribution in [2.24, 2.45) is 5.92 Å². The van der Waals surface area contributed by atoms with Gasteiger partial charge in [-0.25, -0.2) is 4.79 Å². The zero-order valence-electron chi connectivity index (χ0n) is 20.2. The van der Waals surface area contributed by atoms with E-state index in [0.717, 1.165) is 18.9 Å². The van der Waals surface area contributed by atoms with Crippen LogP contribution >= 0.6 is 11.6 Å². The minimum atomic E-state index is -0.791. The molecule has 1 aliphatic rings. The third-order valence-electron chi connectivity index (χ3n) is 6.18. The Balaban J connectivity index is 2.09. The Bertz CT molecular complexity index is 912. The molecule has 1 fully saturated rings. The summed E-state index contributed by atoms with van der Waals surface area (Å²) in [4.78, 5) is 52.5. The molecule has 1 aliphatic heterocycles. The number of nitrogens with zero attached hydrogens (tertiary/aromatic N) is 3.